The van der Waals surface area contributed by atoms with Crippen molar-refractivity contribution in [2.75, 3.05) is 11.9 Å². The first kappa shape index (κ1) is 18.9. The van der Waals surface area contributed by atoms with Crippen LogP contribution in [0.4, 0.5) is 5.69 Å². The van der Waals surface area contributed by atoms with Crippen LogP contribution in [0.1, 0.15) is 26.2 Å². The third kappa shape index (κ3) is 3.17. The zero-order valence-corrected chi connectivity index (χ0v) is 16.1. The van der Waals surface area contributed by atoms with E-state index in [2.05, 4.69) is 5.32 Å². The van der Waals surface area contributed by atoms with Crippen molar-refractivity contribution in [3.05, 3.63) is 29.3 Å². The van der Waals surface area contributed by atoms with Gasteiger partial charge < -0.3 is 10.1 Å². The summed E-state index contributed by atoms with van der Waals surface area (Å²) in [5.41, 5.74) is 0.481. The summed E-state index contributed by atoms with van der Waals surface area (Å²) in [4.78, 5) is 50.9. The molecule has 1 N–H and O–H groups in total. The largest absolute Gasteiger partial charge is 0.454 e. The highest BCUT2D eigenvalue weighted by molar-refractivity contribution is 6.30. The molecule has 0 spiro atoms. The predicted molar refractivity (Wildman–Crippen MR) is 100 cm³/mol. The molecule has 28 heavy (non-hydrogen) atoms. The first-order chi connectivity index (χ1) is 13.4. The second-order valence-corrected chi connectivity index (χ2v) is 8.21. The lowest BCUT2D eigenvalue weighted by Crippen LogP contribution is -2.45. The number of fused-ring (bicyclic) bond motifs is 5. The van der Waals surface area contributed by atoms with Crippen LogP contribution in [-0.2, 0) is 23.9 Å². The van der Waals surface area contributed by atoms with Gasteiger partial charge in [-0.3, -0.25) is 19.3 Å². The number of esters is 1. The van der Waals surface area contributed by atoms with Crippen LogP contribution in [-0.4, -0.2) is 41.2 Å². The Hall–Kier alpha value is -2.41. The summed E-state index contributed by atoms with van der Waals surface area (Å²) >= 11 is 5.86. The number of likely N-dealkylation sites (tertiary alicyclic amines) is 1. The van der Waals surface area contributed by atoms with E-state index in [9.17, 15) is 19.2 Å². The number of benzene rings is 1. The van der Waals surface area contributed by atoms with Gasteiger partial charge in [-0.05, 0) is 56.2 Å². The minimum Gasteiger partial charge on any atom is -0.454 e. The van der Waals surface area contributed by atoms with E-state index in [1.807, 2.05) is 0 Å². The Labute approximate surface area is 167 Å². The highest BCUT2D eigenvalue weighted by Gasteiger charge is 2.62. The van der Waals surface area contributed by atoms with Crippen LogP contribution in [0.15, 0.2) is 24.3 Å². The molecule has 148 valence electrons. The predicted octanol–water partition coefficient (Wildman–Crippen LogP) is 2.24. The van der Waals surface area contributed by atoms with E-state index in [0.717, 1.165) is 24.2 Å². The number of amides is 3. The molecule has 2 aliphatic carbocycles. The standard InChI is InChI=1S/C20H21ClN2O5/c1-10(20(27)28-9-15(24)22-14-4-2-3-13(21)8-14)23-18(25)16-11-5-6-12(7-11)17(16)19(23)26/h2-4,8,10-12,16-17H,5-7,9H2,1H3,(H,22,24)/t10-,11-,12-,16+,17+/m1/s1. The lowest BCUT2D eigenvalue weighted by molar-refractivity contribution is -0.159. The molecule has 2 saturated carbocycles. The van der Waals surface area contributed by atoms with E-state index in [4.69, 9.17) is 16.3 Å². The summed E-state index contributed by atoms with van der Waals surface area (Å²) < 4.78 is 5.04. The van der Waals surface area contributed by atoms with Crippen molar-refractivity contribution in [1.82, 2.24) is 4.90 Å². The van der Waals surface area contributed by atoms with Gasteiger partial charge in [0.15, 0.2) is 6.61 Å². The Kier molecular flexibility index (Phi) is 4.87. The molecular formula is C20H21ClN2O5. The molecule has 3 fully saturated rings. The zero-order valence-electron chi connectivity index (χ0n) is 15.4. The molecule has 8 heteroatoms. The van der Waals surface area contributed by atoms with E-state index in [1.54, 1.807) is 24.3 Å². The van der Waals surface area contributed by atoms with Gasteiger partial charge in [0.2, 0.25) is 11.8 Å². The molecule has 5 atom stereocenters. The highest BCUT2D eigenvalue weighted by atomic mass is 35.5. The number of carbonyl (C=O) groups is 4. The van der Waals surface area contributed by atoms with Gasteiger partial charge in [-0.1, -0.05) is 17.7 Å². The lowest BCUT2D eigenvalue weighted by atomic mass is 9.81. The number of ether oxygens (including phenoxy) is 1. The van der Waals surface area contributed by atoms with Crippen LogP contribution in [0.5, 0.6) is 0 Å². The first-order valence-corrected chi connectivity index (χ1v) is 9.83. The first-order valence-electron chi connectivity index (χ1n) is 9.45. The number of halogens is 1. The van der Waals surface area contributed by atoms with Gasteiger partial charge in [0, 0.05) is 10.7 Å². The van der Waals surface area contributed by atoms with Gasteiger partial charge in [0.25, 0.3) is 5.91 Å². The maximum atomic E-state index is 12.7. The second kappa shape index (κ2) is 7.20. The van der Waals surface area contributed by atoms with Gasteiger partial charge in [-0.25, -0.2) is 4.79 Å². The number of imide groups is 1. The molecule has 3 aliphatic rings. The molecule has 0 radical (unpaired) electrons. The van der Waals surface area contributed by atoms with Crippen molar-refractivity contribution in [1.29, 1.82) is 0 Å². The average molecular weight is 405 g/mol. The monoisotopic (exact) mass is 404 g/mol. The molecule has 1 saturated heterocycles. The van der Waals surface area contributed by atoms with Crippen LogP contribution in [0.2, 0.25) is 5.02 Å². The van der Waals surface area contributed by atoms with Gasteiger partial charge >= 0.3 is 5.97 Å². The Morgan fingerprint density at radius 1 is 1.21 bits per heavy atom. The molecule has 4 rings (SSSR count). The third-order valence-electron chi connectivity index (χ3n) is 6.14. The van der Waals surface area contributed by atoms with E-state index in [1.165, 1.54) is 6.92 Å². The van der Waals surface area contributed by atoms with Crippen molar-refractivity contribution in [2.24, 2.45) is 23.7 Å². The third-order valence-corrected chi connectivity index (χ3v) is 6.38. The number of hydrogen-bond acceptors (Lipinski definition) is 5. The van der Waals surface area contributed by atoms with Crippen molar-refractivity contribution >= 4 is 41.0 Å². The fourth-order valence-corrected chi connectivity index (χ4v) is 5.13. The molecule has 1 aromatic rings. The molecule has 7 nitrogen and oxygen atoms in total. The van der Waals surface area contributed by atoms with E-state index >= 15 is 0 Å². The minimum absolute atomic E-state index is 0.253. The fraction of sp³-hybridized carbons (Fsp3) is 0.500. The summed E-state index contributed by atoms with van der Waals surface area (Å²) in [6.45, 7) is 0.958. The van der Waals surface area contributed by atoms with E-state index in [0.29, 0.717) is 10.7 Å². The summed E-state index contributed by atoms with van der Waals surface area (Å²) in [5.74, 6) is -1.90. The van der Waals surface area contributed by atoms with Crippen LogP contribution < -0.4 is 5.32 Å². The van der Waals surface area contributed by atoms with Gasteiger partial charge in [0.05, 0.1) is 11.8 Å². The topological polar surface area (TPSA) is 92.8 Å². The lowest BCUT2D eigenvalue weighted by Gasteiger charge is -2.23. The highest BCUT2D eigenvalue weighted by Crippen LogP contribution is 2.56. The van der Waals surface area contributed by atoms with Crippen LogP contribution in [0.3, 0.4) is 0 Å². The second-order valence-electron chi connectivity index (χ2n) is 7.77. The number of carbonyl (C=O) groups excluding carboxylic acids is 4. The molecule has 0 unspecified atom stereocenters. The molecule has 1 heterocycles. The fourth-order valence-electron chi connectivity index (χ4n) is 4.94. The van der Waals surface area contributed by atoms with E-state index < -0.39 is 24.5 Å². The van der Waals surface area contributed by atoms with Gasteiger partial charge in [-0.15, -0.1) is 0 Å². The smallest absolute Gasteiger partial charge is 0.329 e. The number of hydrogen-bond donors (Lipinski definition) is 1. The number of anilines is 1. The van der Waals surface area contributed by atoms with Gasteiger partial charge in [-0.2, -0.15) is 0 Å². The molecule has 3 amide bonds. The van der Waals surface area contributed by atoms with Crippen molar-refractivity contribution in [3.8, 4) is 0 Å². The van der Waals surface area contributed by atoms with Crippen LogP contribution >= 0.6 is 11.6 Å². The van der Waals surface area contributed by atoms with E-state index in [-0.39, 0.29) is 35.5 Å². The summed E-state index contributed by atoms with van der Waals surface area (Å²) in [5, 5.41) is 3.03. The molecule has 0 aromatic heterocycles. The Balaban J connectivity index is 1.34. The Morgan fingerprint density at radius 2 is 1.86 bits per heavy atom. The van der Waals surface area contributed by atoms with Crippen molar-refractivity contribution < 1.29 is 23.9 Å². The molecule has 1 aliphatic heterocycles. The molecular weight excluding hydrogens is 384 g/mol. The average Bonchev–Trinajstić information content (AvgIpc) is 3.33. The van der Waals surface area contributed by atoms with Crippen molar-refractivity contribution in [2.45, 2.75) is 32.2 Å². The van der Waals surface area contributed by atoms with Crippen molar-refractivity contribution in [3.63, 3.8) is 0 Å². The number of nitrogens with one attached hydrogen (secondary N) is 1. The minimum atomic E-state index is -1.04. The quantitative estimate of drug-likeness (QED) is 0.600. The molecule has 1 aromatic carbocycles. The SMILES string of the molecule is C[C@H](C(=O)OCC(=O)Nc1cccc(Cl)c1)N1C(=O)[C@H]2[C@@H]3CC[C@H](C3)[C@@H]2C1=O. The number of nitrogens with zero attached hydrogens (tertiary/aromatic N) is 1. The summed E-state index contributed by atoms with van der Waals surface area (Å²) in [6.07, 6.45) is 2.88. The summed E-state index contributed by atoms with van der Waals surface area (Å²) in [6, 6.07) is 5.54. The Bertz CT molecular complexity index is 829. The molecule has 2 bridgehead atoms. The normalized spacial score (nSPS) is 29.0. The summed E-state index contributed by atoms with van der Waals surface area (Å²) in [7, 11) is 0. The van der Waals surface area contributed by atoms with Crippen LogP contribution in [0, 0.1) is 23.7 Å². The Morgan fingerprint density at radius 3 is 2.46 bits per heavy atom. The maximum Gasteiger partial charge on any atom is 0.329 e. The number of rotatable bonds is 5. The van der Waals surface area contributed by atoms with Crippen LogP contribution in [0.25, 0.3) is 0 Å². The van der Waals surface area contributed by atoms with Gasteiger partial charge in [0.1, 0.15) is 6.04 Å². The zero-order chi connectivity index (χ0) is 20.0. The maximum absolute atomic E-state index is 12.7.